The van der Waals surface area contributed by atoms with Crippen molar-refractivity contribution in [1.82, 2.24) is 10.4 Å². The van der Waals surface area contributed by atoms with E-state index in [1.54, 1.807) is 18.3 Å². The second-order valence-electron chi connectivity index (χ2n) is 4.06. The first kappa shape index (κ1) is 14.4. The lowest BCUT2D eigenvalue weighted by atomic mass is 10.0. The van der Waals surface area contributed by atoms with Crippen LogP contribution in [0.2, 0.25) is 5.02 Å². The smallest absolute Gasteiger partial charge is 0.124 e. The Morgan fingerprint density at radius 1 is 1.37 bits per heavy atom. The summed E-state index contributed by atoms with van der Waals surface area (Å²) in [5.74, 6) is 5.28. The summed E-state index contributed by atoms with van der Waals surface area (Å²) in [6.07, 6.45) is 2.16. The molecule has 0 amide bonds. The fraction of sp³-hybridized carbons (Fsp3) is 0.154. The molecule has 1 aromatic heterocycles. The van der Waals surface area contributed by atoms with E-state index in [1.807, 2.05) is 6.07 Å². The molecule has 0 aliphatic carbocycles. The third kappa shape index (κ3) is 3.73. The van der Waals surface area contributed by atoms with Gasteiger partial charge in [0, 0.05) is 10.7 Å². The molecular weight excluding hydrogens is 333 g/mol. The Morgan fingerprint density at radius 3 is 2.74 bits per heavy atom. The second-order valence-corrected chi connectivity index (χ2v) is 5.35. The molecule has 0 aliphatic heterocycles. The summed E-state index contributed by atoms with van der Waals surface area (Å²) in [6, 6.07) is 7.97. The van der Waals surface area contributed by atoms with Crippen LogP contribution in [0.1, 0.15) is 17.3 Å². The molecule has 6 heteroatoms. The van der Waals surface area contributed by atoms with Gasteiger partial charge in [0.1, 0.15) is 5.82 Å². The van der Waals surface area contributed by atoms with E-state index in [1.165, 1.54) is 12.1 Å². The van der Waals surface area contributed by atoms with Gasteiger partial charge >= 0.3 is 0 Å². The van der Waals surface area contributed by atoms with E-state index >= 15 is 0 Å². The molecule has 0 aliphatic rings. The highest BCUT2D eigenvalue weighted by Crippen LogP contribution is 2.24. The van der Waals surface area contributed by atoms with Gasteiger partial charge in [-0.1, -0.05) is 33.6 Å². The predicted molar refractivity (Wildman–Crippen MR) is 77.1 cm³/mol. The molecule has 3 nitrogen and oxygen atoms in total. The van der Waals surface area contributed by atoms with Crippen LogP contribution in [0.5, 0.6) is 0 Å². The zero-order valence-corrected chi connectivity index (χ0v) is 12.2. The van der Waals surface area contributed by atoms with E-state index in [-0.39, 0.29) is 11.9 Å². The van der Waals surface area contributed by atoms with Gasteiger partial charge in [0.2, 0.25) is 0 Å². The SMILES string of the molecule is NNC(Cc1ccc(F)cc1Br)c1ccc(Cl)cn1. The number of nitrogens with one attached hydrogen (secondary N) is 1. The average molecular weight is 345 g/mol. The van der Waals surface area contributed by atoms with E-state index in [0.717, 1.165) is 11.3 Å². The van der Waals surface area contributed by atoms with Crippen molar-refractivity contribution in [2.75, 3.05) is 0 Å². The summed E-state index contributed by atoms with van der Waals surface area (Å²) in [5.41, 5.74) is 4.43. The molecule has 0 saturated heterocycles. The van der Waals surface area contributed by atoms with Crippen LogP contribution in [-0.4, -0.2) is 4.98 Å². The lowest BCUT2D eigenvalue weighted by Gasteiger charge is -2.16. The average Bonchev–Trinajstić information content (AvgIpc) is 2.39. The van der Waals surface area contributed by atoms with Gasteiger partial charge < -0.3 is 0 Å². The molecule has 0 fully saturated rings. The molecule has 100 valence electrons. The minimum absolute atomic E-state index is 0.168. The number of pyridine rings is 1. The van der Waals surface area contributed by atoms with Gasteiger partial charge in [0.25, 0.3) is 0 Å². The van der Waals surface area contributed by atoms with Crippen LogP contribution < -0.4 is 11.3 Å². The van der Waals surface area contributed by atoms with Crippen LogP contribution in [0.15, 0.2) is 41.0 Å². The van der Waals surface area contributed by atoms with Crippen molar-refractivity contribution in [3.8, 4) is 0 Å². The maximum Gasteiger partial charge on any atom is 0.124 e. The summed E-state index contributed by atoms with van der Waals surface area (Å²) in [6.45, 7) is 0. The van der Waals surface area contributed by atoms with Crippen LogP contribution in [-0.2, 0) is 6.42 Å². The third-order valence-corrected chi connectivity index (χ3v) is 3.71. The fourth-order valence-electron chi connectivity index (χ4n) is 1.75. The number of benzene rings is 1. The summed E-state index contributed by atoms with van der Waals surface area (Å²) >= 11 is 9.14. The van der Waals surface area contributed by atoms with Gasteiger partial charge in [-0.05, 0) is 36.2 Å². The Labute approximate surface area is 124 Å². The summed E-state index contributed by atoms with van der Waals surface area (Å²) < 4.78 is 13.7. The van der Waals surface area contributed by atoms with Crippen LogP contribution in [0.4, 0.5) is 4.39 Å². The third-order valence-electron chi connectivity index (χ3n) is 2.75. The van der Waals surface area contributed by atoms with Crippen LogP contribution in [0, 0.1) is 5.82 Å². The first-order chi connectivity index (χ1) is 9.10. The van der Waals surface area contributed by atoms with Crippen LogP contribution >= 0.6 is 27.5 Å². The van der Waals surface area contributed by atoms with Crippen molar-refractivity contribution in [2.45, 2.75) is 12.5 Å². The molecule has 1 atom stereocenters. The monoisotopic (exact) mass is 343 g/mol. The normalized spacial score (nSPS) is 12.4. The number of hydrogen-bond donors (Lipinski definition) is 2. The first-order valence-electron chi connectivity index (χ1n) is 5.61. The second kappa shape index (κ2) is 6.43. The molecular formula is C13H12BrClFN3. The number of hydrazine groups is 1. The number of rotatable bonds is 4. The molecule has 2 rings (SSSR count). The highest BCUT2D eigenvalue weighted by atomic mass is 79.9. The van der Waals surface area contributed by atoms with Gasteiger partial charge in [-0.15, -0.1) is 0 Å². The Hall–Kier alpha value is -1.01. The molecule has 1 unspecified atom stereocenters. The van der Waals surface area contributed by atoms with Crippen molar-refractivity contribution in [1.29, 1.82) is 0 Å². The van der Waals surface area contributed by atoms with Crippen molar-refractivity contribution < 1.29 is 4.39 Å². The van der Waals surface area contributed by atoms with Crippen molar-refractivity contribution in [3.63, 3.8) is 0 Å². The topological polar surface area (TPSA) is 50.9 Å². The van der Waals surface area contributed by atoms with E-state index in [0.29, 0.717) is 15.9 Å². The highest BCUT2D eigenvalue weighted by Gasteiger charge is 2.14. The zero-order valence-electron chi connectivity index (χ0n) is 9.91. The van der Waals surface area contributed by atoms with Gasteiger partial charge in [0.15, 0.2) is 0 Å². The summed E-state index contributed by atoms with van der Waals surface area (Å²) in [7, 11) is 0. The van der Waals surface area contributed by atoms with E-state index in [9.17, 15) is 4.39 Å². The highest BCUT2D eigenvalue weighted by molar-refractivity contribution is 9.10. The maximum atomic E-state index is 13.0. The fourth-order valence-corrected chi connectivity index (χ4v) is 2.37. The molecule has 1 heterocycles. The van der Waals surface area contributed by atoms with Gasteiger partial charge in [-0.3, -0.25) is 16.3 Å². The lowest BCUT2D eigenvalue weighted by molar-refractivity contribution is 0.536. The van der Waals surface area contributed by atoms with Crippen LogP contribution in [0.3, 0.4) is 0 Å². The molecule has 0 spiro atoms. The van der Waals surface area contributed by atoms with Crippen molar-refractivity contribution in [3.05, 3.63) is 63.1 Å². The minimum atomic E-state index is -0.280. The number of nitrogens with zero attached hydrogens (tertiary/aromatic N) is 1. The molecule has 0 radical (unpaired) electrons. The van der Waals surface area contributed by atoms with Gasteiger partial charge in [0.05, 0.1) is 16.8 Å². The quantitative estimate of drug-likeness (QED) is 0.660. The molecule has 0 bridgehead atoms. The van der Waals surface area contributed by atoms with Crippen molar-refractivity contribution >= 4 is 27.5 Å². The first-order valence-corrected chi connectivity index (χ1v) is 6.78. The van der Waals surface area contributed by atoms with E-state index < -0.39 is 0 Å². The molecule has 19 heavy (non-hydrogen) atoms. The Bertz CT molecular complexity index is 562. The number of hydrogen-bond acceptors (Lipinski definition) is 3. The zero-order chi connectivity index (χ0) is 13.8. The molecule has 3 N–H and O–H groups in total. The van der Waals surface area contributed by atoms with Gasteiger partial charge in [-0.25, -0.2) is 4.39 Å². The molecule has 1 aromatic carbocycles. The standard InChI is InChI=1S/C13H12BrClFN3/c14-11-6-10(16)3-1-8(11)5-13(19-17)12-4-2-9(15)7-18-12/h1-4,6-7,13,19H,5,17H2. The maximum absolute atomic E-state index is 13.0. The number of aromatic nitrogens is 1. The Morgan fingerprint density at radius 2 is 2.16 bits per heavy atom. The van der Waals surface area contributed by atoms with Crippen molar-refractivity contribution in [2.24, 2.45) is 5.84 Å². The number of halogens is 3. The number of nitrogens with two attached hydrogens (primary N) is 1. The lowest BCUT2D eigenvalue weighted by Crippen LogP contribution is -2.30. The Kier molecular flexibility index (Phi) is 4.87. The minimum Gasteiger partial charge on any atom is -0.271 e. The predicted octanol–water partition coefficient (Wildman–Crippen LogP) is 3.38. The summed E-state index contributed by atoms with van der Waals surface area (Å²) in [4.78, 5) is 4.23. The molecule has 0 saturated carbocycles. The van der Waals surface area contributed by atoms with Crippen LogP contribution in [0.25, 0.3) is 0 Å². The van der Waals surface area contributed by atoms with Gasteiger partial charge in [-0.2, -0.15) is 0 Å². The van der Waals surface area contributed by atoms with E-state index in [2.05, 4.69) is 26.3 Å². The largest absolute Gasteiger partial charge is 0.271 e. The van der Waals surface area contributed by atoms with E-state index in [4.69, 9.17) is 17.4 Å². The Balaban J connectivity index is 2.21. The summed E-state index contributed by atoms with van der Waals surface area (Å²) in [5, 5.41) is 0.572. The molecule has 2 aromatic rings.